The number of carboxylic acids is 1. The van der Waals surface area contributed by atoms with Crippen LogP contribution in [0.1, 0.15) is 52.5 Å². The van der Waals surface area contributed by atoms with Crippen molar-refractivity contribution in [2.45, 2.75) is 38.1 Å². The Balaban J connectivity index is 1.93. The van der Waals surface area contributed by atoms with Crippen molar-refractivity contribution >= 4 is 34.4 Å². The highest BCUT2D eigenvalue weighted by molar-refractivity contribution is 6.36. The summed E-state index contributed by atoms with van der Waals surface area (Å²) in [4.78, 5) is 33.1. The summed E-state index contributed by atoms with van der Waals surface area (Å²) in [5.74, 6) is -1.44. The number of nitrogens with zero attached hydrogens (tertiary/aromatic N) is 3. The first-order chi connectivity index (χ1) is 14.3. The van der Waals surface area contributed by atoms with Crippen molar-refractivity contribution in [1.29, 1.82) is 0 Å². The molecule has 1 amide bonds. The summed E-state index contributed by atoms with van der Waals surface area (Å²) >= 11 is 6.91. The Kier molecular flexibility index (Phi) is 5.95. The van der Waals surface area contributed by atoms with Crippen LogP contribution >= 0.6 is 11.6 Å². The second-order valence-electron chi connectivity index (χ2n) is 8.35. The molecule has 0 spiro atoms. The number of benzene rings is 1. The number of amides is 1. The molecule has 160 valence electrons. The van der Waals surface area contributed by atoms with Crippen LogP contribution in [0.15, 0.2) is 12.1 Å². The van der Waals surface area contributed by atoms with E-state index in [0.717, 1.165) is 74.1 Å². The number of hydrogen-bond acceptors (Lipinski definition) is 5. The maximum atomic E-state index is 12.0. The molecule has 2 heterocycles. The topological polar surface area (TPSA) is 99.8 Å². The van der Waals surface area contributed by atoms with Crippen LogP contribution in [0.25, 0.3) is 10.9 Å². The average Bonchev–Trinajstić information content (AvgIpc) is 2.72. The maximum Gasteiger partial charge on any atom is 0.335 e. The zero-order valence-electron chi connectivity index (χ0n) is 17.2. The smallest absolute Gasteiger partial charge is 0.335 e. The Hall–Kier alpha value is -2.22. The number of pyridine rings is 1. The van der Waals surface area contributed by atoms with Gasteiger partial charge in [0.05, 0.1) is 16.1 Å². The molecule has 1 unspecified atom stereocenters. The highest BCUT2D eigenvalue weighted by atomic mass is 35.5. The van der Waals surface area contributed by atoms with Gasteiger partial charge < -0.3 is 15.7 Å². The number of likely N-dealkylation sites (N-methyl/N-ethyl adjacent to an activating group) is 1. The number of rotatable bonds is 5. The molecule has 1 aromatic carbocycles. The first-order valence-electron chi connectivity index (χ1n) is 10.4. The van der Waals surface area contributed by atoms with E-state index in [-0.39, 0.29) is 18.0 Å². The molecular formula is C22H27ClN4O3. The Morgan fingerprint density at radius 1 is 1.20 bits per heavy atom. The van der Waals surface area contributed by atoms with E-state index in [1.807, 2.05) is 0 Å². The number of halogens is 1. The van der Waals surface area contributed by atoms with E-state index in [1.165, 1.54) is 0 Å². The predicted octanol–water partition coefficient (Wildman–Crippen LogP) is 2.63. The standard InChI is InChI=1S/C22H27ClN4O3/c1-26-6-8-27(9-7-26)18(12-19(24)28)15-10-13(22(29)30)11-17-20(15)21(23)14-4-2-3-5-16(14)25-17/h10-11,18H,2-9,12H2,1H3,(H2,24,28)(H,29,30). The number of piperazine rings is 1. The largest absolute Gasteiger partial charge is 0.478 e. The average molecular weight is 431 g/mol. The lowest BCUT2D eigenvalue weighted by atomic mass is 9.89. The zero-order valence-corrected chi connectivity index (χ0v) is 17.9. The molecule has 1 aliphatic heterocycles. The highest BCUT2D eigenvalue weighted by Gasteiger charge is 2.30. The molecule has 7 nitrogen and oxygen atoms in total. The molecule has 3 N–H and O–H groups in total. The van der Waals surface area contributed by atoms with Crippen molar-refractivity contribution in [3.05, 3.63) is 39.5 Å². The first kappa shape index (κ1) is 21.0. The Bertz CT molecular complexity index is 1000. The van der Waals surface area contributed by atoms with Gasteiger partial charge >= 0.3 is 5.97 Å². The molecule has 1 aliphatic carbocycles. The van der Waals surface area contributed by atoms with Gasteiger partial charge in [0.15, 0.2) is 0 Å². The number of nitrogens with two attached hydrogens (primary N) is 1. The summed E-state index contributed by atoms with van der Waals surface area (Å²) in [7, 11) is 2.06. The molecule has 2 aliphatic rings. The third-order valence-electron chi connectivity index (χ3n) is 6.31. The van der Waals surface area contributed by atoms with Crippen molar-refractivity contribution in [1.82, 2.24) is 14.8 Å². The Labute approximate surface area is 180 Å². The molecule has 2 aromatic rings. The van der Waals surface area contributed by atoms with Gasteiger partial charge in [-0.1, -0.05) is 11.6 Å². The van der Waals surface area contributed by atoms with Crippen LogP contribution in [-0.4, -0.2) is 65.0 Å². The van der Waals surface area contributed by atoms with Crippen molar-refractivity contribution in [3.8, 4) is 0 Å². The summed E-state index contributed by atoms with van der Waals surface area (Å²) < 4.78 is 0. The van der Waals surface area contributed by atoms with E-state index >= 15 is 0 Å². The SMILES string of the molecule is CN1CCN(C(CC(N)=O)c2cc(C(=O)O)cc3nc4c(c(Cl)c23)CCCC4)CC1. The van der Waals surface area contributed by atoms with Gasteiger partial charge in [-0.3, -0.25) is 14.7 Å². The molecule has 1 aromatic heterocycles. The fraction of sp³-hybridized carbons (Fsp3) is 0.500. The molecule has 4 rings (SSSR count). The zero-order chi connectivity index (χ0) is 21.4. The monoisotopic (exact) mass is 430 g/mol. The van der Waals surface area contributed by atoms with Gasteiger partial charge in [0.25, 0.3) is 0 Å². The number of aryl methyl sites for hydroxylation is 1. The number of carbonyl (C=O) groups excluding carboxylic acids is 1. The number of hydrogen-bond donors (Lipinski definition) is 2. The van der Waals surface area contributed by atoms with E-state index < -0.39 is 11.9 Å². The van der Waals surface area contributed by atoms with Crippen molar-refractivity contribution in [2.75, 3.05) is 33.2 Å². The number of primary amides is 1. The van der Waals surface area contributed by atoms with Crippen molar-refractivity contribution < 1.29 is 14.7 Å². The fourth-order valence-electron chi connectivity index (χ4n) is 4.67. The number of aromatic nitrogens is 1. The van der Waals surface area contributed by atoms with Gasteiger partial charge in [-0.2, -0.15) is 0 Å². The molecule has 1 atom stereocenters. The van der Waals surface area contributed by atoms with Gasteiger partial charge in [-0.05, 0) is 56.0 Å². The van der Waals surface area contributed by atoms with Crippen LogP contribution in [0.4, 0.5) is 0 Å². The number of aromatic carboxylic acids is 1. The predicted molar refractivity (Wildman–Crippen MR) is 116 cm³/mol. The quantitative estimate of drug-likeness (QED) is 0.756. The van der Waals surface area contributed by atoms with Crippen LogP contribution in [0.2, 0.25) is 5.02 Å². The normalized spacial score (nSPS) is 18.9. The van der Waals surface area contributed by atoms with Gasteiger partial charge in [-0.15, -0.1) is 0 Å². The summed E-state index contributed by atoms with van der Waals surface area (Å²) in [5, 5.41) is 11.1. The molecule has 0 bridgehead atoms. The lowest BCUT2D eigenvalue weighted by Crippen LogP contribution is -2.46. The maximum absolute atomic E-state index is 12.0. The lowest BCUT2D eigenvalue weighted by molar-refractivity contribution is -0.119. The van der Waals surface area contributed by atoms with Crippen molar-refractivity contribution in [2.24, 2.45) is 5.73 Å². The van der Waals surface area contributed by atoms with Crippen LogP contribution < -0.4 is 5.73 Å². The second kappa shape index (κ2) is 8.49. The van der Waals surface area contributed by atoms with Crippen LogP contribution in [-0.2, 0) is 17.6 Å². The van der Waals surface area contributed by atoms with Gasteiger partial charge in [-0.25, -0.2) is 4.79 Å². The molecule has 8 heteroatoms. The minimum absolute atomic E-state index is 0.106. The van der Waals surface area contributed by atoms with Gasteiger partial charge in [0.1, 0.15) is 0 Å². The minimum atomic E-state index is -1.02. The van der Waals surface area contributed by atoms with E-state index in [0.29, 0.717) is 10.5 Å². The first-order valence-corrected chi connectivity index (χ1v) is 10.8. The molecule has 0 radical (unpaired) electrons. The Morgan fingerprint density at radius 3 is 2.57 bits per heavy atom. The minimum Gasteiger partial charge on any atom is -0.478 e. The number of carbonyl (C=O) groups is 2. The molecule has 0 saturated carbocycles. The molecule has 1 fully saturated rings. The fourth-order valence-corrected chi connectivity index (χ4v) is 5.08. The lowest BCUT2D eigenvalue weighted by Gasteiger charge is -2.38. The van der Waals surface area contributed by atoms with E-state index in [1.54, 1.807) is 12.1 Å². The van der Waals surface area contributed by atoms with E-state index in [2.05, 4.69) is 16.8 Å². The molecule has 30 heavy (non-hydrogen) atoms. The van der Waals surface area contributed by atoms with Gasteiger partial charge in [0.2, 0.25) is 5.91 Å². The highest BCUT2D eigenvalue weighted by Crippen LogP contribution is 2.39. The number of carboxylic acid groups (broad SMARTS) is 1. The molecule has 1 saturated heterocycles. The summed E-state index contributed by atoms with van der Waals surface area (Å²) in [5.41, 5.74) is 9.09. The third-order valence-corrected chi connectivity index (χ3v) is 6.72. The van der Waals surface area contributed by atoms with Crippen LogP contribution in [0.5, 0.6) is 0 Å². The summed E-state index contributed by atoms with van der Waals surface area (Å²) in [6.07, 6.45) is 3.94. The second-order valence-corrected chi connectivity index (χ2v) is 8.73. The van der Waals surface area contributed by atoms with Crippen molar-refractivity contribution in [3.63, 3.8) is 0 Å². The van der Waals surface area contributed by atoms with Gasteiger partial charge in [0, 0.05) is 49.7 Å². The molecular weight excluding hydrogens is 404 g/mol. The van der Waals surface area contributed by atoms with Crippen LogP contribution in [0.3, 0.4) is 0 Å². The summed E-state index contributed by atoms with van der Waals surface area (Å²) in [6, 6.07) is 2.91. The van der Waals surface area contributed by atoms with E-state index in [4.69, 9.17) is 22.3 Å². The Morgan fingerprint density at radius 2 is 1.90 bits per heavy atom. The third kappa shape index (κ3) is 4.02. The summed E-state index contributed by atoms with van der Waals surface area (Å²) in [6.45, 7) is 3.27. The van der Waals surface area contributed by atoms with E-state index in [9.17, 15) is 14.7 Å². The van der Waals surface area contributed by atoms with Crippen LogP contribution in [0, 0.1) is 0 Å². The number of fused-ring (bicyclic) bond motifs is 2.